The molecule has 0 amide bonds. The number of aliphatic carboxylic acids is 1. The molecule has 0 unspecified atom stereocenters. The van der Waals surface area contributed by atoms with Crippen LogP contribution >= 0.6 is 11.6 Å². The lowest BCUT2D eigenvalue weighted by atomic mass is 10.1. The summed E-state index contributed by atoms with van der Waals surface area (Å²) in [5, 5.41) is 16.2. The van der Waals surface area contributed by atoms with Gasteiger partial charge in [-0.15, -0.1) is 0 Å². The van der Waals surface area contributed by atoms with E-state index in [1.54, 1.807) is 42.9 Å². The summed E-state index contributed by atoms with van der Waals surface area (Å²) >= 11 is 5.63. The van der Waals surface area contributed by atoms with Crippen LogP contribution in [-0.2, 0) is 24.1 Å². The molecule has 224 valence electrons. The van der Waals surface area contributed by atoms with Gasteiger partial charge in [-0.1, -0.05) is 17.7 Å². The van der Waals surface area contributed by atoms with Crippen molar-refractivity contribution in [2.75, 3.05) is 0 Å². The summed E-state index contributed by atoms with van der Waals surface area (Å²) in [6, 6.07) is 14.7. The minimum atomic E-state index is -5.08. The second-order valence-electron chi connectivity index (χ2n) is 8.31. The third-order valence-corrected chi connectivity index (χ3v) is 5.55. The Morgan fingerprint density at radius 3 is 2.26 bits per heavy atom. The number of nitrogens with zero attached hydrogens (tertiary/aromatic N) is 4. The summed E-state index contributed by atoms with van der Waals surface area (Å²) in [7, 11) is 0. The number of rotatable bonds is 7. The number of ether oxygens (including phenoxy) is 2. The molecule has 0 atom stereocenters. The molecule has 4 aromatic rings. The van der Waals surface area contributed by atoms with Gasteiger partial charge in [0.15, 0.2) is 0 Å². The van der Waals surface area contributed by atoms with Crippen molar-refractivity contribution in [1.82, 2.24) is 14.5 Å². The highest BCUT2D eigenvalue weighted by atomic mass is 35.5. The Kier molecular flexibility index (Phi) is 10.3. The number of carbonyl (C=O) groups is 1. The average molecular weight is 627 g/mol. The number of aromatic nitrogens is 3. The molecule has 0 aliphatic carbocycles. The normalized spacial score (nSPS) is 11.1. The van der Waals surface area contributed by atoms with Crippen LogP contribution in [0.1, 0.15) is 22.3 Å². The minimum absolute atomic E-state index is 0.00502. The van der Waals surface area contributed by atoms with Crippen molar-refractivity contribution in [1.29, 1.82) is 5.26 Å². The van der Waals surface area contributed by atoms with Gasteiger partial charge in [0, 0.05) is 24.7 Å². The first kappa shape index (κ1) is 32.4. The number of alkyl halides is 6. The number of carboxylic acid groups (broad SMARTS) is 1. The first-order valence-corrected chi connectivity index (χ1v) is 12.0. The lowest BCUT2D eigenvalue weighted by Crippen LogP contribution is -2.23. The van der Waals surface area contributed by atoms with Crippen molar-refractivity contribution in [3.63, 3.8) is 0 Å². The van der Waals surface area contributed by atoms with E-state index >= 15 is 0 Å². The Morgan fingerprint density at radius 2 is 1.67 bits per heavy atom. The fraction of sp³-hybridized carbons (Fsp3) is 0.148. The third-order valence-electron chi connectivity index (χ3n) is 5.22. The molecule has 0 saturated heterocycles. The zero-order valence-corrected chi connectivity index (χ0v) is 22.1. The summed E-state index contributed by atoms with van der Waals surface area (Å²) in [5.74, 6) is -2.71. The van der Waals surface area contributed by atoms with Crippen molar-refractivity contribution in [2.45, 2.75) is 25.5 Å². The number of pyridine rings is 1. The fourth-order valence-electron chi connectivity index (χ4n) is 3.21. The van der Waals surface area contributed by atoms with E-state index in [0.29, 0.717) is 12.1 Å². The number of benzene rings is 2. The van der Waals surface area contributed by atoms with Gasteiger partial charge < -0.3 is 14.6 Å². The molecule has 0 radical (unpaired) electrons. The molecule has 43 heavy (non-hydrogen) atoms. The highest BCUT2D eigenvalue weighted by molar-refractivity contribution is 6.31. The van der Waals surface area contributed by atoms with Gasteiger partial charge in [-0.25, -0.2) is 9.59 Å². The standard InChI is InChI=1S/C25H16ClF3N4O3.C2HF3O2/c26-21-3-2-19(12-20(21)25(27,28)29)36-22-4-1-17(11-18(22)13-30)15-35-23-7-10-33(24(34)32-23)14-16-5-8-31-9-6-16;3-2(4,5)1(6)7/h1-12H,14-15H2;(H,6,7). The fourth-order valence-corrected chi connectivity index (χ4v) is 3.44. The molecule has 0 aliphatic heterocycles. The van der Waals surface area contributed by atoms with Gasteiger partial charge >= 0.3 is 24.0 Å². The molecular weight excluding hydrogens is 610 g/mol. The monoisotopic (exact) mass is 626 g/mol. The maximum Gasteiger partial charge on any atom is 0.490 e. The van der Waals surface area contributed by atoms with Crippen LogP contribution in [0, 0.1) is 11.3 Å². The van der Waals surface area contributed by atoms with Crippen LogP contribution in [-0.4, -0.2) is 31.8 Å². The zero-order valence-electron chi connectivity index (χ0n) is 21.4. The van der Waals surface area contributed by atoms with Crippen molar-refractivity contribution < 1.29 is 45.7 Å². The lowest BCUT2D eigenvalue weighted by Gasteiger charge is -2.13. The largest absolute Gasteiger partial charge is 0.490 e. The maximum atomic E-state index is 13.1. The van der Waals surface area contributed by atoms with Crippen molar-refractivity contribution in [2.24, 2.45) is 0 Å². The molecule has 2 aromatic heterocycles. The van der Waals surface area contributed by atoms with Gasteiger partial charge in [0.2, 0.25) is 5.88 Å². The molecule has 2 heterocycles. The molecule has 0 saturated carbocycles. The molecule has 0 fully saturated rings. The van der Waals surface area contributed by atoms with Crippen molar-refractivity contribution >= 4 is 17.6 Å². The SMILES string of the molecule is N#Cc1cc(COc2ccn(Cc3ccncc3)c(=O)n2)ccc1Oc1ccc(Cl)c(C(F)(F)F)c1.O=C(O)C(F)(F)F. The molecule has 2 aromatic carbocycles. The number of halogens is 7. The molecule has 16 heteroatoms. The van der Waals surface area contributed by atoms with Crippen LogP contribution in [0.4, 0.5) is 26.3 Å². The van der Waals surface area contributed by atoms with Gasteiger partial charge in [-0.05, 0) is 53.6 Å². The van der Waals surface area contributed by atoms with Gasteiger partial charge in [0.25, 0.3) is 0 Å². The van der Waals surface area contributed by atoms with E-state index in [2.05, 4.69) is 9.97 Å². The first-order chi connectivity index (χ1) is 20.2. The van der Waals surface area contributed by atoms with Crippen molar-refractivity contribution in [3.05, 3.63) is 111 Å². The average Bonchev–Trinajstić information content (AvgIpc) is 2.94. The van der Waals surface area contributed by atoms with Gasteiger partial charge in [-0.2, -0.15) is 36.6 Å². The predicted molar refractivity (Wildman–Crippen MR) is 138 cm³/mol. The molecule has 0 aliphatic rings. The Balaban J connectivity index is 0.000000646. The van der Waals surface area contributed by atoms with Crippen LogP contribution in [0.3, 0.4) is 0 Å². The first-order valence-electron chi connectivity index (χ1n) is 11.6. The van der Waals surface area contributed by atoms with Crippen LogP contribution in [0.25, 0.3) is 0 Å². The second kappa shape index (κ2) is 13.7. The van der Waals surface area contributed by atoms with E-state index in [-0.39, 0.29) is 29.5 Å². The van der Waals surface area contributed by atoms with E-state index in [1.807, 2.05) is 6.07 Å². The summed E-state index contributed by atoms with van der Waals surface area (Å²) in [6.07, 6.45) is -4.91. The number of hydrogen-bond acceptors (Lipinski definition) is 7. The molecule has 4 rings (SSSR count). The van der Waals surface area contributed by atoms with Crippen LogP contribution in [0.5, 0.6) is 17.4 Å². The second-order valence-corrected chi connectivity index (χ2v) is 8.71. The molecule has 1 N–H and O–H groups in total. The smallest absolute Gasteiger partial charge is 0.475 e. The molecule has 9 nitrogen and oxygen atoms in total. The Bertz CT molecular complexity index is 1690. The molecule has 0 bridgehead atoms. The van der Waals surface area contributed by atoms with E-state index in [9.17, 15) is 36.4 Å². The highest BCUT2D eigenvalue weighted by Gasteiger charge is 2.38. The highest BCUT2D eigenvalue weighted by Crippen LogP contribution is 2.38. The Hall–Kier alpha value is -5.10. The van der Waals surface area contributed by atoms with E-state index in [0.717, 1.165) is 17.7 Å². The minimum Gasteiger partial charge on any atom is -0.475 e. The molecule has 0 spiro atoms. The van der Waals surface area contributed by atoms with Gasteiger partial charge in [0.05, 0.1) is 22.7 Å². The van der Waals surface area contributed by atoms with Gasteiger partial charge in [0.1, 0.15) is 24.2 Å². The summed E-state index contributed by atoms with van der Waals surface area (Å²) in [6.45, 7) is 0.328. The van der Waals surface area contributed by atoms with Crippen LogP contribution < -0.4 is 15.2 Å². The third kappa shape index (κ3) is 9.47. The van der Waals surface area contributed by atoms with Crippen LogP contribution in [0.2, 0.25) is 5.02 Å². The maximum absolute atomic E-state index is 13.1. The Morgan fingerprint density at radius 1 is 1.00 bits per heavy atom. The van der Waals surface area contributed by atoms with E-state index in [1.165, 1.54) is 22.8 Å². The number of carboxylic acids is 1. The number of hydrogen-bond donors (Lipinski definition) is 1. The summed E-state index contributed by atoms with van der Waals surface area (Å²) in [4.78, 5) is 29.0. The van der Waals surface area contributed by atoms with Gasteiger partial charge in [-0.3, -0.25) is 9.55 Å². The predicted octanol–water partition coefficient (Wildman–Crippen LogP) is 6.24. The van der Waals surface area contributed by atoms with E-state index in [4.69, 9.17) is 31.0 Å². The van der Waals surface area contributed by atoms with E-state index < -0.39 is 34.6 Å². The summed E-state index contributed by atoms with van der Waals surface area (Å²) < 4.78 is 83.5. The Labute approximate surface area is 243 Å². The topological polar surface area (TPSA) is 127 Å². The van der Waals surface area contributed by atoms with Crippen molar-refractivity contribution in [3.8, 4) is 23.4 Å². The lowest BCUT2D eigenvalue weighted by molar-refractivity contribution is -0.192. The summed E-state index contributed by atoms with van der Waals surface area (Å²) in [5.41, 5.74) is 0.00332. The zero-order chi connectivity index (χ0) is 31.8. The van der Waals surface area contributed by atoms with Crippen LogP contribution in [0.15, 0.2) is 78.0 Å². The quantitative estimate of drug-likeness (QED) is 0.239. The number of nitriles is 1. The molecular formula is C27H17ClF6N4O5.